The molecule has 9 nitrogen and oxygen atoms in total. The molecule has 2 atom stereocenters. The molecule has 14 heteroatoms. The van der Waals surface area contributed by atoms with Crippen LogP contribution in [0.15, 0.2) is 83.1 Å². The molecular formula is C29H29F3N2O7S2. The van der Waals surface area contributed by atoms with Crippen LogP contribution in [0.2, 0.25) is 0 Å². The molecule has 0 spiro atoms. The van der Waals surface area contributed by atoms with E-state index in [0.29, 0.717) is 23.1 Å². The summed E-state index contributed by atoms with van der Waals surface area (Å²) >= 11 is 1.45. The fourth-order valence-corrected chi connectivity index (χ4v) is 7.19. The number of ether oxygens (including phenoxy) is 1. The number of fused-ring (bicyclic) bond motifs is 3. The van der Waals surface area contributed by atoms with E-state index in [0.717, 1.165) is 30.8 Å². The van der Waals surface area contributed by atoms with E-state index in [4.69, 9.17) is 14.6 Å². The van der Waals surface area contributed by atoms with Crippen molar-refractivity contribution >= 4 is 39.1 Å². The molecule has 43 heavy (non-hydrogen) atoms. The molecule has 1 aromatic heterocycles. The quantitative estimate of drug-likeness (QED) is 0.217. The van der Waals surface area contributed by atoms with Crippen LogP contribution in [0.25, 0.3) is 0 Å². The van der Waals surface area contributed by atoms with Crippen molar-refractivity contribution in [2.45, 2.75) is 36.1 Å². The van der Waals surface area contributed by atoms with Gasteiger partial charge in [0.15, 0.2) is 6.10 Å². The number of rotatable bonds is 9. The summed E-state index contributed by atoms with van der Waals surface area (Å²) in [5.41, 5.74) is 0.514. The fourth-order valence-electron chi connectivity index (χ4n) is 5.33. The summed E-state index contributed by atoms with van der Waals surface area (Å²) in [5, 5.41) is 10.7. The Balaban J connectivity index is 0.000000541. The average molecular weight is 639 g/mol. The minimum atomic E-state index is -5.19. The Morgan fingerprint density at radius 1 is 0.977 bits per heavy atom. The van der Waals surface area contributed by atoms with E-state index in [1.54, 1.807) is 42.5 Å². The number of carboxylic acids is 1. The second kappa shape index (κ2) is 13.4. The third kappa shape index (κ3) is 8.28. The number of sulfonamides is 1. The van der Waals surface area contributed by atoms with Crippen molar-refractivity contribution in [1.82, 2.24) is 4.72 Å². The number of nitrogens with zero attached hydrogens (tertiary/aromatic N) is 1. The van der Waals surface area contributed by atoms with Gasteiger partial charge in [0.2, 0.25) is 15.8 Å². The molecule has 2 aromatic carbocycles. The van der Waals surface area contributed by atoms with E-state index in [1.165, 1.54) is 23.5 Å². The van der Waals surface area contributed by atoms with Gasteiger partial charge in [0.05, 0.1) is 22.9 Å². The maximum atomic E-state index is 13.5. The number of aliphatic carboxylic acids is 1. The number of hydrogen-bond acceptors (Lipinski definition) is 8. The van der Waals surface area contributed by atoms with Gasteiger partial charge < -0.3 is 19.1 Å². The number of hydrogen-bond donors (Lipinski definition) is 1. The predicted octanol–water partition coefficient (Wildman–Crippen LogP) is 3.10. The van der Waals surface area contributed by atoms with Crippen molar-refractivity contribution in [2.75, 3.05) is 26.2 Å². The molecule has 230 valence electrons. The normalized spacial score (nSPS) is 22.1. The smallest absolute Gasteiger partial charge is 0.430 e. The van der Waals surface area contributed by atoms with Crippen LogP contribution >= 0.6 is 11.3 Å². The molecule has 3 aliphatic heterocycles. The number of alkyl halides is 3. The number of Topliss-reactive ketones (excluding diaryl/α,β-unsaturated/α-hetero) is 1. The monoisotopic (exact) mass is 638 g/mol. The second-order valence-corrected chi connectivity index (χ2v) is 13.1. The van der Waals surface area contributed by atoms with Crippen molar-refractivity contribution in [3.05, 3.63) is 88.6 Å². The van der Waals surface area contributed by atoms with Gasteiger partial charge in [0.1, 0.15) is 25.1 Å². The number of carboxylic acid groups (broad SMARTS) is 1. The van der Waals surface area contributed by atoms with Gasteiger partial charge in [-0.1, -0.05) is 54.6 Å². The average Bonchev–Trinajstić information content (AvgIpc) is 3.53. The van der Waals surface area contributed by atoms with E-state index >= 15 is 0 Å². The minimum Gasteiger partial charge on any atom is -0.542 e. The number of nitrogens with one attached hydrogen (secondary N) is 1. The SMILES string of the molecule is O=C(C[N+]12CCC(CC1)[C@@H](OC(=O)C(NS(=O)(=O)c1ccccc1)c1ccccc1)C2)c1cccs1.O=C([O-])C(F)(F)F. The van der Waals surface area contributed by atoms with Crippen LogP contribution in [-0.4, -0.2) is 69.1 Å². The number of quaternary nitrogens is 1. The number of carbonyl (C=O) groups is 3. The number of carbonyl (C=O) groups excluding carboxylic acids is 3. The van der Waals surface area contributed by atoms with Crippen molar-refractivity contribution in [1.29, 1.82) is 0 Å². The highest BCUT2D eigenvalue weighted by atomic mass is 32.2. The number of halogens is 3. The van der Waals surface area contributed by atoms with E-state index in [2.05, 4.69) is 4.72 Å². The van der Waals surface area contributed by atoms with Gasteiger partial charge in [-0.15, -0.1) is 11.3 Å². The summed E-state index contributed by atoms with van der Waals surface area (Å²) in [7, 11) is -3.96. The third-order valence-electron chi connectivity index (χ3n) is 7.51. The first-order valence-electron chi connectivity index (χ1n) is 13.3. The largest absolute Gasteiger partial charge is 0.542 e. The molecule has 3 aliphatic rings. The van der Waals surface area contributed by atoms with Crippen LogP contribution in [0, 0.1) is 5.92 Å². The molecule has 0 radical (unpaired) electrons. The van der Waals surface area contributed by atoms with Crippen LogP contribution in [0.5, 0.6) is 0 Å². The Labute approximate surface area is 250 Å². The van der Waals surface area contributed by atoms with Crippen molar-refractivity contribution in [2.24, 2.45) is 5.92 Å². The van der Waals surface area contributed by atoms with E-state index in [-0.39, 0.29) is 22.7 Å². The maximum absolute atomic E-state index is 13.5. The lowest BCUT2D eigenvalue weighted by atomic mass is 9.83. The first-order chi connectivity index (χ1) is 20.3. The lowest BCUT2D eigenvalue weighted by molar-refractivity contribution is -0.938. The second-order valence-electron chi connectivity index (χ2n) is 10.4. The molecule has 3 fully saturated rings. The van der Waals surface area contributed by atoms with E-state index in [9.17, 15) is 31.2 Å². The van der Waals surface area contributed by atoms with Crippen LogP contribution in [0.4, 0.5) is 13.2 Å². The number of piperidine rings is 3. The summed E-state index contributed by atoms with van der Waals surface area (Å²) in [6.07, 6.45) is -3.80. The number of thiophene rings is 1. The van der Waals surface area contributed by atoms with Crippen LogP contribution in [-0.2, 0) is 24.3 Å². The Morgan fingerprint density at radius 2 is 1.56 bits per heavy atom. The van der Waals surface area contributed by atoms with Gasteiger partial charge in [-0.2, -0.15) is 17.9 Å². The van der Waals surface area contributed by atoms with Gasteiger partial charge in [0.25, 0.3) is 0 Å². The molecule has 3 aromatic rings. The molecule has 1 unspecified atom stereocenters. The zero-order chi connectivity index (χ0) is 31.3. The molecule has 0 saturated carbocycles. The lowest BCUT2D eigenvalue weighted by Gasteiger charge is -2.51. The number of esters is 1. The Bertz CT molecular complexity index is 1510. The van der Waals surface area contributed by atoms with Crippen LogP contribution in [0.1, 0.15) is 34.1 Å². The fraction of sp³-hybridized carbons (Fsp3) is 0.345. The number of benzene rings is 2. The molecule has 6 rings (SSSR count). The molecule has 1 N–H and O–H groups in total. The molecular weight excluding hydrogens is 609 g/mol. The summed E-state index contributed by atoms with van der Waals surface area (Å²) in [5.74, 6) is -3.30. The third-order valence-corrected chi connectivity index (χ3v) is 9.86. The standard InChI is InChI=1S/C27H29N2O5S2.C2HF3O2/c30-23(25-12-7-17-35-25)18-29-15-13-20(14-16-29)24(19-29)34-27(31)26(21-8-3-1-4-9-21)28-36(32,33)22-10-5-2-6-11-22;3-2(4,5)1(6)7/h1-12,17,20,24,26,28H,13-16,18-19H2;(H,6,7)/q+1;/p-1/t20?,24-,26?,29?;/m0./s1. The predicted molar refractivity (Wildman–Crippen MR) is 148 cm³/mol. The highest BCUT2D eigenvalue weighted by molar-refractivity contribution is 7.89. The van der Waals surface area contributed by atoms with Gasteiger partial charge >= 0.3 is 12.1 Å². The molecule has 0 amide bonds. The molecule has 2 bridgehead atoms. The zero-order valence-electron chi connectivity index (χ0n) is 22.7. The highest BCUT2D eigenvalue weighted by Crippen LogP contribution is 2.37. The van der Waals surface area contributed by atoms with E-state index in [1.807, 2.05) is 23.6 Å². The highest BCUT2D eigenvalue weighted by Gasteiger charge is 2.49. The minimum absolute atomic E-state index is 0.0816. The Hall–Kier alpha value is -3.59. The molecule has 3 saturated heterocycles. The number of ketones is 1. The first-order valence-corrected chi connectivity index (χ1v) is 15.7. The van der Waals surface area contributed by atoms with Gasteiger partial charge in [-0.25, -0.2) is 13.2 Å². The van der Waals surface area contributed by atoms with Crippen LogP contribution < -0.4 is 9.83 Å². The van der Waals surface area contributed by atoms with Gasteiger partial charge in [-0.3, -0.25) is 4.79 Å². The van der Waals surface area contributed by atoms with E-state index < -0.39 is 34.2 Å². The topological polar surface area (TPSA) is 130 Å². The zero-order valence-corrected chi connectivity index (χ0v) is 24.4. The first kappa shape index (κ1) is 32.3. The van der Waals surface area contributed by atoms with Crippen molar-refractivity contribution in [3.63, 3.8) is 0 Å². The summed E-state index contributed by atoms with van der Waals surface area (Å²) in [6, 6.07) is 19.3. The van der Waals surface area contributed by atoms with Crippen molar-refractivity contribution < 1.29 is 50.3 Å². The summed E-state index contributed by atoms with van der Waals surface area (Å²) < 4.78 is 66.9. The maximum Gasteiger partial charge on any atom is 0.430 e. The Kier molecular flexibility index (Phi) is 10.1. The molecule has 4 heterocycles. The van der Waals surface area contributed by atoms with Gasteiger partial charge in [-0.05, 0) is 29.1 Å². The summed E-state index contributed by atoms with van der Waals surface area (Å²) in [4.78, 5) is 36.0. The summed E-state index contributed by atoms with van der Waals surface area (Å²) in [6.45, 7) is 2.74. The van der Waals surface area contributed by atoms with Crippen molar-refractivity contribution in [3.8, 4) is 0 Å². The van der Waals surface area contributed by atoms with Gasteiger partial charge in [0, 0.05) is 18.8 Å². The lowest BCUT2D eigenvalue weighted by Crippen LogP contribution is -2.65. The molecule has 0 aliphatic carbocycles. The Morgan fingerprint density at radius 3 is 2.09 bits per heavy atom. The van der Waals surface area contributed by atoms with Crippen LogP contribution in [0.3, 0.4) is 0 Å².